The van der Waals surface area contributed by atoms with Gasteiger partial charge in [-0.25, -0.2) is 0 Å². The van der Waals surface area contributed by atoms with Gasteiger partial charge in [-0.2, -0.15) is 0 Å². The highest BCUT2D eigenvalue weighted by atomic mass is 35.5. The average Bonchev–Trinajstić information content (AvgIpc) is 2.14. The number of benzene rings is 1. The van der Waals surface area contributed by atoms with Gasteiger partial charge in [-0.15, -0.1) is 0 Å². The second-order valence-corrected chi connectivity index (χ2v) is 4.50. The molecule has 1 aromatic carbocycles. The number of nitrogens with zero attached hydrogens (tertiary/aromatic N) is 1. The summed E-state index contributed by atoms with van der Waals surface area (Å²) in [6, 6.07) is 11.1. The summed E-state index contributed by atoms with van der Waals surface area (Å²) in [5, 5.41) is 0. The minimum Gasteiger partial charge on any atom is -1.00 e. The summed E-state index contributed by atoms with van der Waals surface area (Å²) >= 11 is 0. The zero-order valence-corrected chi connectivity index (χ0v) is 10.7. The van der Waals surface area contributed by atoms with Crippen LogP contribution in [-0.4, -0.2) is 25.6 Å². The molecule has 0 amide bonds. The van der Waals surface area contributed by atoms with Crippen LogP contribution in [0.15, 0.2) is 42.5 Å². The van der Waals surface area contributed by atoms with E-state index in [0.29, 0.717) is 6.04 Å². The Hall–Kier alpha value is -0.790. The topological polar surface area (TPSA) is 0 Å². The number of quaternary nitrogens is 1. The SMILES string of the molecule is CC=CC(c1ccccc1)[N+](C)(C)C.[Cl-]. The van der Waals surface area contributed by atoms with Gasteiger partial charge in [0.25, 0.3) is 0 Å². The fourth-order valence-electron chi connectivity index (χ4n) is 1.65. The minimum absolute atomic E-state index is 0. The molecule has 0 aliphatic rings. The van der Waals surface area contributed by atoms with Crippen LogP contribution in [0.5, 0.6) is 0 Å². The van der Waals surface area contributed by atoms with Crippen molar-refractivity contribution in [3.05, 3.63) is 48.0 Å². The van der Waals surface area contributed by atoms with Crippen molar-refractivity contribution in [1.29, 1.82) is 0 Å². The molecular formula is C13H20ClN. The van der Waals surface area contributed by atoms with Crippen LogP contribution < -0.4 is 12.4 Å². The van der Waals surface area contributed by atoms with E-state index in [1.54, 1.807) is 0 Å². The van der Waals surface area contributed by atoms with Crippen molar-refractivity contribution in [1.82, 2.24) is 0 Å². The van der Waals surface area contributed by atoms with Gasteiger partial charge in [0, 0.05) is 5.56 Å². The van der Waals surface area contributed by atoms with Gasteiger partial charge in [-0.05, 0) is 13.0 Å². The van der Waals surface area contributed by atoms with Gasteiger partial charge in [0.2, 0.25) is 0 Å². The number of hydrogen-bond acceptors (Lipinski definition) is 0. The Morgan fingerprint density at radius 3 is 2.00 bits per heavy atom. The molecule has 0 fully saturated rings. The second kappa shape index (κ2) is 5.94. The highest BCUT2D eigenvalue weighted by Crippen LogP contribution is 2.24. The quantitative estimate of drug-likeness (QED) is 0.503. The predicted octanol–water partition coefficient (Wildman–Crippen LogP) is 0.0140. The molecule has 0 heterocycles. The van der Waals surface area contributed by atoms with Gasteiger partial charge >= 0.3 is 0 Å². The van der Waals surface area contributed by atoms with Gasteiger partial charge in [0.1, 0.15) is 6.04 Å². The molecule has 0 saturated heterocycles. The first kappa shape index (κ1) is 14.2. The fourth-order valence-corrected chi connectivity index (χ4v) is 1.65. The molecule has 2 heteroatoms. The second-order valence-electron chi connectivity index (χ2n) is 4.50. The fraction of sp³-hybridized carbons (Fsp3) is 0.385. The van der Waals surface area contributed by atoms with Crippen molar-refractivity contribution >= 4 is 0 Å². The Morgan fingerprint density at radius 2 is 1.60 bits per heavy atom. The zero-order chi connectivity index (χ0) is 10.6. The first-order valence-electron chi connectivity index (χ1n) is 5.04. The molecule has 1 aromatic rings. The molecule has 15 heavy (non-hydrogen) atoms. The first-order valence-corrected chi connectivity index (χ1v) is 5.04. The van der Waals surface area contributed by atoms with Gasteiger partial charge in [0.15, 0.2) is 0 Å². The third-order valence-electron chi connectivity index (χ3n) is 2.35. The molecule has 1 rings (SSSR count). The molecule has 1 atom stereocenters. The van der Waals surface area contributed by atoms with E-state index >= 15 is 0 Å². The van der Waals surface area contributed by atoms with E-state index in [0.717, 1.165) is 4.48 Å². The highest BCUT2D eigenvalue weighted by molar-refractivity contribution is 5.21. The van der Waals surface area contributed by atoms with Gasteiger partial charge in [-0.3, -0.25) is 0 Å². The Labute approximate surface area is 99.4 Å². The average molecular weight is 226 g/mol. The van der Waals surface area contributed by atoms with Crippen molar-refractivity contribution in [2.24, 2.45) is 0 Å². The van der Waals surface area contributed by atoms with Crippen molar-refractivity contribution < 1.29 is 16.9 Å². The smallest absolute Gasteiger partial charge is 0.133 e. The molecule has 0 bridgehead atoms. The summed E-state index contributed by atoms with van der Waals surface area (Å²) in [6.07, 6.45) is 4.39. The monoisotopic (exact) mass is 225 g/mol. The number of allylic oxidation sites excluding steroid dienone is 1. The van der Waals surface area contributed by atoms with Gasteiger partial charge in [-0.1, -0.05) is 36.4 Å². The summed E-state index contributed by atoms with van der Waals surface area (Å²) in [7, 11) is 6.66. The molecule has 0 N–H and O–H groups in total. The number of hydrogen-bond donors (Lipinski definition) is 0. The molecule has 0 radical (unpaired) electrons. The Bertz CT molecular complexity index is 298. The van der Waals surface area contributed by atoms with Crippen molar-refractivity contribution in [3.63, 3.8) is 0 Å². The lowest BCUT2D eigenvalue weighted by Gasteiger charge is -2.32. The van der Waals surface area contributed by atoms with Gasteiger partial charge in [0.05, 0.1) is 21.1 Å². The lowest BCUT2D eigenvalue weighted by atomic mass is 10.0. The maximum Gasteiger partial charge on any atom is 0.133 e. The number of rotatable bonds is 3. The summed E-state index contributed by atoms with van der Waals surface area (Å²) in [5.41, 5.74) is 1.37. The third-order valence-corrected chi connectivity index (χ3v) is 2.35. The molecule has 0 saturated carbocycles. The Balaban J connectivity index is 0.00000196. The molecule has 1 nitrogen and oxygen atoms in total. The standard InChI is InChI=1S/C13H20N.ClH/c1-5-9-13(14(2,3)4)12-10-7-6-8-11-12;/h5-11,13H,1-4H3;1H/q+1;/p-1. The summed E-state index contributed by atoms with van der Waals surface area (Å²) in [6.45, 7) is 2.08. The Kier molecular flexibility index (Phi) is 5.63. The minimum atomic E-state index is 0. The van der Waals surface area contributed by atoms with Crippen molar-refractivity contribution in [2.45, 2.75) is 13.0 Å². The van der Waals surface area contributed by atoms with E-state index in [-0.39, 0.29) is 12.4 Å². The van der Waals surface area contributed by atoms with Crippen LogP contribution in [-0.2, 0) is 0 Å². The van der Waals surface area contributed by atoms with Crippen molar-refractivity contribution in [2.75, 3.05) is 21.1 Å². The van der Waals surface area contributed by atoms with E-state index in [2.05, 4.69) is 70.6 Å². The first-order chi connectivity index (χ1) is 6.55. The van der Waals surface area contributed by atoms with Crippen LogP contribution in [0.3, 0.4) is 0 Å². The lowest BCUT2D eigenvalue weighted by molar-refractivity contribution is -0.895. The highest BCUT2D eigenvalue weighted by Gasteiger charge is 2.21. The van der Waals surface area contributed by atoms with Crippen LogP contribution in [0.2, 0.25) is 0 Å². The predicted molar refractivity (Wildman–Crippen MR) is 62.0 cm³/mol. The molecule has 0 spiro atoms. The molecule has 1 unspecified atom stereocenters. The molecule has 84 valence electrons. The van der Waals surface area contributed by atoms with E-state index in [4.69, 9.17) is 0 Å². The van der Waals surface area contributed by atoms with E-state index < -0.39 is 0 Å². The zero-order valence-electron chi connectivity index (χ0n) is 9.94. The van der Waals surface area contributed by atoms with Crippen LogP contribution in [0.25, 0.3) is 0 Å². The molecule has 0 aromatic heterocycles. The van der Waals surface area contributed by atoms with Crippen molar-refractivity contribution in [3.8, 4) is 0 Å². The summed E-state index contributed by atoms with van der Waals surface area (Å²) in [4.78, 5) is 0. The Morgan fingerprint density at radius 1 is 1.07 bits per heavy atom. The normalized spacial score (nSPS) is 13.6. The maximum atomic E-state index is 2.26. The lowest BCUT2D eigenvalue weighted by Crippen LogP contribution is -3.00. The molecule has 0 aliphatic carbocycles. The summed E-state index contributed by atoms with van der Waals surface area (Å²) in [5.74, 6) is 0. The van der Waals surface area contributed by atoms with Crippen LogP contribution in [0, 0.1) is 0 Å². The van der Waals surface area contributed by atoms with Crippen LogP contribution in [0.4, 0.5) is 0 Å². The van der Waals surface area contributed by atoms with E-state index in [1.807, 2.05) is 0 Å². The molecular weight excluding hydrogens is 206 g/mol. The third kappa shape index (κ3) is 4.06. The summed E-state index contributed by atoms with van der Waals surface area (Å²) < 4.78 is 0.925. The maximum absolute atomic E-state index is 2.26. The number of halogens is 1. The number of likely N-dealkylation sites (N-methyl/N-ethyl adjacent to an activating group) is 1. The van der Waals surface area contributed by atoms with Crippen LogP contribution in [0.1, 0.15) is 18.5 Å². The van der Waals surface area contributed by atoms with Gasteiger partial charge < -0.3 is 16.9 Å². The molecule has 0 aliphatic heterocycles. The van der Waals surface area contributed by atoms with Crippen LogP contribution >= 0.6 is 0 Å². The van der Waals surface area contributed by atoms with E-state index in [9.17, 15) is 0 Å². The van der Waals surface area contributed by atoms with E-state index in [1.165, 1.54) is 5.56 Å². The largest absolute Gasteiger partial charge is 1.00 e.